The predicted octanol–water partition coefficient (Wildman–Crippen LogP) is 4.98. The summed E-state index contributed by atoms with van der Waals surface area (Å²) in [6.45, 7) is 0.397. The van der Waals surface area contributed by atoms with E-state index in [9.17, 15) is 4.79 Å². The zero-order valence-electron chi connectivity index (χ0n) is 13.9. The molecule has 1 aromatic heterocycles. The number of nitrogens with one attached hydrogen (secondary N) is 1. The first-order valence-electron chi connectivity index (χ1n) is 8.08. The third-order valence-corrected chi connectivity index (χ3v) is 4.18. The number of carbonyl (C=O) groups excluding carboxylic acids is 1. The van der Waals surface area contributed by atoms with E-state index in [1.165, 1.54) is 0 Å². The molecule has 2 aromatic carbocycles. The monoisotopic (exact) mass is 389 g/mol. The Labute approximate surface area is 161 Å². The van der Waals surface area contributed by atoms with Crippen molar-refractivity contribution < 1.29 is 9.53 Å². The van der Waals surface area contributed by atoms with Crippen molar-refractivity contribution in [1.29, 1.82) is 0 Å². The van der Waals surface area contributed by atoms with Crippen LogP contribution in [0.15, 0.2) is 61.2 Å². The molecule has 7 heteroatoms. The summed E-state index contributed by atoms with van der Waals surface area (Å²) in [7, 11) is 0. The number of benzene rings is 2. The van der Waals surface area contributed by atoms with Crippen LogP contribution >= 0.6 is 23.2 Å². The SMILES string of the molecule is O=C(CCCOc1ccc(Cl)cc1Cl)Nc1ccc(-n2ccnc2)cc1. The second-order valence-corrected chi connectivity index (χ2v) is 6.44. The summed E-state index contributed by atoms with van der Waals surface area (Å²) in [5.41, 5.74) is 1.73. The first-order valence-corrected chi connectivity index (χ1v) is 8.83. The molecule has 1 heterocycles. The number of ether oxygens (including phenoxy) is 1. The first kappa shape index (κ1) is 18.3. The minimum atomic E-state index is -0.0637. The fourth-order valence-electron chi connectivity index (χ4n) is 2.36. The summed E-state index contributed by atoms with van der Waals surface area (Å²) in [4.78, 5) is 16.0. The van der Waals surface area contributed by atoms with E-state index in [2.05, 4.69) is 10.3 Å². The van der Waals surface area contributed by atoms with Crippen molar-refractivity contribution in [3.63, 3.8) is 0 Å². The fourth-order valence-corrected chi connectivity index (χ4v) is 2.82. The summed E-state index contributed by atoms with van der Waals surface area (Å²) >= 11 is 11.9. The molecule has 0 atom stereocenters. The van der Waals surface area contributed by atoms with Crippen molar-refractivity contribution >= 4 is 34.8 Å². The van der Waals surface area contributed by atoms with E-state index >= 15 is 0 Å². The molecular formula is C19H17Cl2N3O2. The van der Waals surface area contributed by atoms with Crippen LogP contribution in [0.25, 0.3) is 5.69 Å². The van der Waals surface area contributed by atoms with Crippen molar-refractivity contribution in [2.75, 3.05) is 11.9 Å². The van der Waals surface area contributed by atoms with Gasteiger partial charge in [-0.3, -0.25) is 4.79 Å². The van der Waals surface area contributed by atoms with Gasteiger partial charge >= 0.3 is 0 Å². The molecule has 134 valence electrons. The highest BCUT2D eigenvalue weighted by Gasteiger charge is 2.05. The predicted molar refractivity (Wildman–Crippen MR) is 103 cm³/mol. The lowest BCUT2D eigenvalue weighted by atomic mass is 10.2. The smallest absolute Gasteiger partial charge is 0.224 e. The summed E-state index contributed by atoms with van der Waals surface area (Å²) in [6, 6.07) is 12.6. The van der Waals surface area contributed by atoms with Gasteiger partial charge in [0, 0.05) is 35.2 Å². The molecule has 5 nitrogen and oxygen atoms in total. The van der Waals surface area contributed by atoms with Crippen molar-refractivity contribution in [3.8, 4) is 11.4 Å². The fraction of sp³-hybridized carbons (Fsp3) is 0.158. The summed E-state index contributed by atoms with van der Waals surface area (Å²) in [6.07, 6.45) is 6.24. The maximum Gasteiger partial charge on any atom is 0.224 e. The van der Waals surface area contributed by atoms with E-state index in [4.69, 9.17) is 27.9 Å². The molecule has 0 aliphatic heterocycles. The van der Waals surface area contributed by atoms with Crippen LogP contribution in [0.2, 0.25) is 10.0 Å². The van der Waals surface area contributed by atoms with Crippen LogP contribution in [0.3, 0.4) is 0 Å². The Morgan fingerprint density at radius 1 is 1.15 bits per heavy atom. The minimum Gasteiger partial charge on any atom is -0.492 e. The molecule has 0 saturated carbocycles. The Balaban J connectivity index is 1.42. The summed E-state index contributed by atoms with van der Waals surface area (Å²) < 4.78 is 7.46. The minimum absolute atomic E-state index is 0.0637. The number of aromatic nitrogens is 2. The third-order valence-electron chi connectivity index (χ3n) is 3.65. The number of imidazole rings is 1. The van der Waals surface area contributed by atoms with Gasteiger partial charge in [0.2, 0.25) is 5.91 Å². The first-order chi connectivity index (χ1) is 12.6. The summed E-state index contributed by atoms with van der Waals surface area (Å²) in [5.74, 6) is 0.498. The Hall–Kier alpha value is -2.50. The van der Waals surface area contributed by atoms with Gasteiger partial charge in [0.1, 0.15) is 5.75 Å². The topological polar surface area (TPSA) is 56.1 Å². The second kappa shape index (κ2) is 8.74. The molecule has 0 bridgehead atoms. The molecule has 0 saturated heterocycles. The standard InChI is InChI=1S/C19H17Cl2N3O2/c20-14-3-8-18(17(21)12-14)26-11-1-2-19(25)23-15-4-6-16(7-5-15)24-10-9-22-13-24/h3-10,12-13H,1-2,11H2,(H,23,25). The van der Waals surface area contributed by atoms with E-state index in [0.29, 0.717) is 35.2 Å². The molecule has 1 N–H and O–H groups in total. The Kier molecular flexibility index (Phi) is 6.15. The Morgan fingerprint density at radius 2 is 1.96 bits per heavy atom. The van der Waals surface area contributed by atoms with Crippen LogP contribution in [0.4, 0.5) is 5.69 Å². The molecule has 1 amide bonds. The lowest BCUT2D eigenvalue weighted by molar-refractivity contribution is -0.116. The van der Waals surface area contributed by atoms with Crippen molar-refractivity contribution in [2.45, 2.75) is 12.8 Å². The van der Waals surface area contributed by atoms with Crippen LogP contribution in [0, 0.1) is 0 Å². The van der Waals surface area contributed by atoms with Gasteiger partial charge in [0.25, 0.3) is 0 Å². The lowest BCUT2D eigenvalue weighted by Crippen LogP contribution is -2.12. The second-order valence-electron chi connectivity index (χ2n) is 5.59. The van der Waals surface area contributed by atoms with Gasteiger partial charge in [-0.05, 0) is 48.9 Å². The molecule has 0 spiro atoms. The van der Waals surface area contributed by atoms with Crippen LogP contribution in [-0.4, -0.2) is 22.1 Å². The van der Waals surface area contributed by atoms with Gasteiger partial charge in [-0.1, -0.05) is 23.2 Å². The molecule has 0 aliphatic rings. The Bertz CT molecular complexity index is 865. The van der Waals surface area contributed by atoms with Crippen LogP contribution in [0.5, 0.6) is 5.75 Å². The van der Waals surface area contributed by atoms with Crippen molar-refractivity contribution in [3.05, 3.63) is 71.2 Å². The van der Waals surface area contributed by atoms with Gasteiger partial charge in [-0.15, -0.1) is 0 Å². The van der Waals surface area contributed by atoms with Crippen LogP contribution in [0.1, 0.15) is 12.8 Å². The highest BCUT2D eigenvalue weighted by atomic mass is 35.5. The number of halogens is 2. The molecule has 3 rings (SSSR count). The molecule has 0 unspecified atom stereocenters. The average Bonchev–Trinajstić information content (AvgIpc) is 3.15. The van der Waals surface area contributed by atoms with E-state index in [0.717, 1.165) is 11.4 Å². The van der Waals surface area contributed by atoms with Gasteiger partial charge in [0.15, 0.2) is 0 Å². The number of amides is 1. The number of hydrogen-bond acceptors (Lipinski definition) is 3. The molecule has 26 heavy (non-hydrogen) atoms. The van der Waals surface area contributed by atoms with Crippen LogP contribution in [-0.2, 0) is 4.79 Å². The quantitative estimate of drug-likeness (QED) is 0.579. The van der Waals surface area contributed by atoms with Gasteiger partial charge in [-0.25, -0.2) is 4.98 Å². The number of nitrogens with zero attached hydrogens (tertiary/aromatic N) is 2. The largest absolute Gasteiger partial charge is 0.492 e. The van der Waals surface area contributed by atoms with Gasteiger partial charge in [-0.2, -0.15) is 0 Å². The normalized spacial score (nSPS) is 10.5. The maximum atomic E-state index is 12.0. The van der Waals surface area contributed by atoms with Gasteiger partial charge in [0.05, 0.1) is 18.0 Å². The number of hydrogen-bond donors (Lipinski definition) is 1. The molecule has 0 radical (unpaired) electrons. The summed E-state index contributed by atoms with van der Waals surface area (Å²) in [5, 5.41) is 3.88. The molecule has 0 fully saturated rings. The highest BCUT2D eigenvalue weighted by Crippen LogP contribution is 2.27. The molecule has 3 aromatic rings. The Morgan fingerprint density at radius 3 is 2.65 bits per heavy atom. The van der Waals surface area contributed by atoms with Crippen molar-refractivity contribution in [2.24, 2.45) is 0 Å². The van der Waals surface area contributed by atoms with Crippen LogP contribution < -0.4 is 10.1 Å². The van der Waals surface area contributed by atoms with E-state index in [1.807, 2.05) is 35.0 Å². The average molecular weight is 390 g/mol. The van der Waals surface area contributed by atoms with E-state index < -0.39 is 0 Å². The zero-order valence-corrected chi connectivity index (χ0v) is 15.4. The number of carbonyl (C=O) groups is 1. The highest BCUT2D eigenvalue weighted by molar-refractivity contribution is 6.35. The maximum absolute atomic E-state index is 12.0. The zero-order chi connectivity index (χ0) is 18.4. The number of anilines is 1. The van der Waals surface area contributed by atoms with Crippen molar-refractivity contribution in [1.82, 2.24) is 9.55 Å². The number of rotatable bonds is 7. The van der Waals surface area contributed by atoms with Gasteiger partial charge < -0.3 is 14.6 Å². The van der Waals surface area contributed by atoms with E-state index in [1.54, 1.807) is 30.7 Å². The third kappa shape index (κ3) is 5.00. The lowest BCUT2D eigenvalue weighted by Gasteiger charge is -2.09. The van der Waals surface area contributed by atoms with E-state index in [-0.39, 0.29) is 5.91 Å². The molecule has 0 aliphatic carbocycles. The molecular weight excluding hydrogens is 373 g/mol.